The smallest absolute Gasteiger partial charge is 0.416 e. The second-order valence-electron chi connectivity index (χ2n) is 7.11. The van der Waals surface area contributed by atoms with Crippen molar-refractivity contribution < 1.29 is 22.7 Å². The highest BCUT2D eigenvalue weighted by molar-refractivity contribution is 6.04. The van der Waals surface area contributed by atoms with E-state index in [1.807, 2.05) is 16.7 Å². The number of rotatable bonds is 3. The SMILES string of the molecule is COC(=O)c1cccc2c3c(n(Cc4cccc(C(F)(F)F)c4)c12)CCCC3. The molecule has 28 heavy (non-hydrogen) atoms. The Balaban J connectivity index is 1.90. The van der Waals surface area contributed by atoms with Crippen molar-refractivity contribution in [3.05, 3.63) is 70.4 Å². The van der Waals surface area contributed by atoms with Gasteiger partial charge in [-0.15, -0.1) is 0 Å². The van der Waals surface area contributed by atoms with E-state index in [1.54, 1.807) is 12.1 Å². The Morgan fingerprint density at radius 1 is 1.11 bits per heavy atom. The van der Waals surface area contributed by atoms with Crippen molar-refractivity contribution in [1.29, 1.82) is 0 Å². The summed E-state index contributed by atoms with van der Waals surface area (Å²) in [7, 11) is 1.33. The molecule has 4 rings (SSSR count). The number of para-hydroxylation sites is 1. The van der Waals surface area contributed by atoms with Crippen LogP contribution >= 0.6 is 0 Å². The first kappa shape index (κ1) is 18.6. The zero-order valence-electron chi connectivity index (χ0n) is 15.5. The van der Waals surface area contributed by atoms with Gasteiger partial charge in [0.1, 0.15) is 0 Å². The summed E-state index contributed by atoms with van der Waals surface area (Å²) in [6.07, 6.45) is -0.529. The highest BCUT2D eigenvalue weighted by Crippen LogP contribution is 2.35. The molecule has 0 saturated heterocycles. The molecule has 1 heterocycles. The van der Waals surface area contributed by atoms with Gasteiger partial charge >= 0.3 is 12.1 Å². The summed E-state index contributed by atoms with van der Waals surface area (Å²) >= 11 is 0. The van der Waals surface area contributed by atoms with Gasteiger partial charge in [-0.2, -0.15) is 13.2 Å². The lowest BCUT2D eigenvalue weighted by Crippen LogP contribution is -2.12. The normalized spacial score (nSPS) is 14.1. The number of alkyl halides is 3. The van der Waals surface area contributed by atoms with Crippen LogP contribution in [0, 0.1) is 0 Å². The van der Waals surface area contributed by atoms with E-state index in [1.165, 1.54) is 24.8 Å². The Morgan fingerprint density at radius 3 is 2.61 bits per heavy atom. The average Bonchev–Trinajstić information content (AvgIpc) is 3.01. The Kier molecular flexibility index (Phi) is 4.65. The van der Waals surface area contributed by atoms with Gasteiger partial charge in [-0.3, -0.25) is 0 Å². The highest BCUT2D eigenvalue weighted by Gasteiger charge is 2.30. The van der Waals surface area contributed by atoms with E-state index in [0.29, 0.717) is 11.1 Å². The molecule has 2 aromatic carbocycles. The van der Waals surface area contributed by atoms with Gasteiger partial charge in [0, 0.05) is 17.6 Å². The standard InChI is InChI=1S/C22H20F3NO2/c1-28-21(27)18-10-5-9-17-16-8-2-3-11-19(16)26(20(17)18)13-14-6-4-7-15(12-14)22(23,24)25/h4-7,9-10,12H,2-3,8,11,13H2,1H3. The third-order valence-corrected chi connectivity index (χ3v) is 5.40. The summed E-state index contributed by atoms with van der Waals surface area (Å²) in [6, 6.07) is 10.9. The largest absolute Gasteiger partial charge is 0.465 e. The molecular formula is C22H20F3NO2. The van der Waals surface area contributed by atoms with Crippen LogP contribution in [-0.4, -0.2) is 17.6 Å². The van der Waals surface area contributed by atoms with Crippen LogP contribution in [0.15, 0.2) is 42.5 Å². The maximum Gasteiger partial charge on any atom is 0.416 e. The number of methoxy groups -OCH3 is 1. The topological polar surface area (TPSA) is 31.2 Å². The number of fused-ring (bicyclic) bond motifs is 3. The molecule has 0 spiro atoms. The van der Waals surface area contributed by atoms with Crippen LogP contribution in [0.3, 0.4) is 0 Å². The number of carbonyl (C=O) groups excluding carboxylic acids is 1. The van der Waals surface area contributed by atoms with Gasteiger partial charge < -0.3 is 9.30 Å². The molecule has 146 valence electrons. The molecule has 0 fully saturated rings. The minimum Gasteiger partial charge on any atom is -0.465 e. The van der Waals surface area contributed by atoms with Crippen LogP contribution in [0.25, 0.3) is 10.9 Å². The summed E-state index contributed by atoms with van der Waals surface area (Å²) in [5.41, 5.74) is 3.39. The van der Waals surface area contributed by atoms with Crippen molar-refractivity contribution >= 4 is 16.9 Å². The van der Waals surface area contributed by atoms with Gasteiger partial charge in [-0.1, -0.05) is 24.3 Å². The second-order valence-corrected chi connectivity index (χ2v) is 7.11. The Labute approximate surface area is 160 Å². The molecule has 3 aromatic rings. The molecule has 0 bridgehead atoms. The summed E-state index contributed by atoms with van der Waals surface area (Å²) in [6.45, 7) is 0.282. The lowest BCUT2D eigenvalue weighted by atomic mass is 9.95. The quantitative estimate of drug-likeness (QED) is 0.566. The first-order valence-corrected chi connectivity index (χ1v) is 9.27. The fraction of sp³-hybridized carbons (Fsp3) is 0.318. The average molecular weight is 387 g/mol. The van der Waals surface area contributed by atoms with E-state index in [0.717, 1.165) is 48.3 Å². The van der Waals surface area contributed by atoms with E-state index in [-0.39, 0.29) is 6.54 Å². The van der Waals surface area contributed by atoms with E-state index in [9.17, 15) is 18.0 Å². The Bertz CT molecular complexity index is 1050. The van der Waals surface area contributed by atoms with Gasteiger partial charge in [0.25, 0.3) is 0 Å². The van der Waals surface area contributed by atoms with Crippen LogP contribution in [0.2, 0.25) is 0 Å². The van der Waals surface area contributed by atoms with Crippen LogP contribution in [-0.2, 0) is 30.3 Å². The minimum atomic E-state index is -4.38. The number of halogens is 3. The van der Waals surface area contributed by atoms with Gasteiger partial charge in [0.15, 0.2) is 0 Å². The number of aromatic nitrogens is 1. The first-order valence-electron chi connectivity index (χ1n) is 9.27. The first-order chi connectivity index (χ1) is 13.4. The number of nitrogens with zero attached hydrogens (tertiary/aromatic N) is 1. The van der Waals surface area contributed by atoms with Crippen LogP contribution in [0.4, 0.5) is 13.2 Å². The molecule has 0 atom stereocenters. The highest BCUT2D eigenvalue weighted by atomic mass is 19.4. The minimum absolute atomic E-state index is 0.282. The van der Waals surface area contributed by atoms with Crippen LogP contribution < -0.4 is 0 Å². The molecule has 0 radical (unpaired) electrons. The molecule has 0 unspecified atom stereocenters. The molecule has 0 saturated carbocycles. The molecule has 0 N–H and O–H groups in total. The van der Waals surface area contributed by atoms with Gasteiger partial charge in [-0.25, -0.2) is 4.79 Å². The van der Waals surface area contributed by atoms with E-state index in [2.05, 4.69) is 0 Å². The van der Waals surface area contributed by atoms with Crippen molar-refractivity contribution in [3.63, 3.8) is 0 Å². The van der Waals surface area contributed by atoms with Crippen molar-refractivity contribution in [2.24, 2.45) is 0 Å². The second kappa shape index (κ2) is 7.00. The number of hydrogen-bond acceptors (Lipinski definition) is 2. The number of aryl methyl sites for hydroxylation is 1. The van der Waals surface area contributed by atoms with Crippen molar-refractivity contribution in [3.8, 4) is 0 Å². The van der Waals surface area contributed by atoms with E-state index < -0.39 is 17.7 Å². The number of carbonyl (C=O) groups is 1. The molecule has 1 aliphatic carbocycles. The van der Waals surface area contributed by atoms with E-state index >= 15 is 0 Å². The summed E-state index contributed by atoms with van der Waals surface area (Å²) in [5.74, 6) is -0.439. The maximum atomic E-state index is 13.1. The Hall–Kier alpha value is -2.76. The third-order valence-electron chi connectivity index (χ3n) is 5.40. The number of benzene rings is 2. The zero-order chi connectivity index (χ0) is 19.9. The number of hydrogen-bond donors (Lipinski definition) is 0. The molecule has 6 heteroatoms. The molecule has 0 aliphatic heterocycles. The Morgan fingerprint density at radius 2 is 1.86 bits per heavy atom. The number of esters is 1. The zero-order valence-corrected chi connectivity index (χ0v) is 15.5. The fourth-order valence-corrected chi connectivity index (χ4v) is 4.17. The van der Waals surface area contributed by atoms with Crippen molar-refractivity contribution in [2.45, 2.75) is 38.4 Å². The molecule has 1 aromatic heterocycles. The van der Waals surface area contributed by atoms with E-state index in [4.69, 9.17) is 4.74 Å². The fourth-order valence-electron chi connectivity index (χ4n) is 4.17. The lowest BCUT2D eigenvalue weighted by Gasteiger charge is -2.17. The predicted octanol–water partition coefficient (Wildman–Crippen LogP) is 5.37. The summed E-state index contributed by atoms with van der Waals surface area (Å²) < 4.78 is 46.3. The van der Waals surface area contributed by atoms with Gasteiger partial charge in [-0.05, 0) is 55.0 Å². The monoisotopic (exact) mass is 387 g/mol. The maximum absolute atomic E-state index is 13.1. The van der Waals surface area contributed by atoms with Gasteiger partial charge in [0.05, 0.1) is 23.8 Å². The number of ether oxygens (including phenoxy) is 1. The molecule has 1 aliphatic rings. The predicted molar refractivity (Wildman–Crippen MR) is 100 cm³/mol. The molecular weight excluding hydrogens is 367 g/mol. The van der Waals surface area contributed by atoms with Crippen LogP contribution in [0.1, 0.15) is 45.6 Å². The third kappa shape index (κ3) is 3.17. The van der Waals surface area contributed by atoms with Gasteiger partial charge in [0.2, 0.25) is 0 Å². The molecule has 3 nitrogen and oxygen atoms in total. The lowest BCUT2D eigenvalue weighted by molar-refractivity contribution is -0.137. The van der Waals surface area contributed by atoms with Crippen molar-refractivity contribution in [2.75, 3.05) is 7.11 Å². The summed E-state index contributed by atoms with van der Waals surface area (Å²) in [4.78, 5) is 12.3. The van der Waals surface area contributed by atoms with Crippen molar-refractivity contribution in [1.82, 2.24) is 4.57 Å². The van der Waals surface area contributed by atoms with Crippen LogP contribution in [0.5, 0.6) is 0 Å². The summed E-state index contributed by atoms with van der Waals surface area (Å²) in [5, 5.41) is 0.990. The molecule has 0 amide bonds.